The first kappa shape index (κ1) is 15.3. The molecule has 0 aromatic heterocycles. The molecule has 0 unspecified atom stereocenters. The second-order valence-corrected chi connectivity index (χ2v) is 4.65. The Labute approximate surface area is 110 Å². The number of hydrogen-bond donors (Lipinski definition) is 1. The lowest BCUT2D eigenvalue weighted by Gasteiger charge is -2.27. The Morgan fingerprint density at radius 1 is 1.26 bits per heavy atom. The van der Waals surface area contributed by atoms with Crippen LogP contribution in [-0.4, -0.2) is 23.0 Å². The Bertz CT molecular complexity index is 427. The average molecular weight is 274 g/mol. The van der Waals surface area contributed by atoms with Crippen molar-refractivity contribution in [2.45, 2.75) is 39.0 Å². The van der Waals surface area contributed by atoms with Crippen LogP contribution in [0.1, 0.15) is 25.8 Å². The van der Waals surface area contributed by atoms with Crippen molar-refractivity contribution in [1.29, 1.82) is 0 Å². The predicted molar refractivity (Wildman–Crippen MR) is 67.2 cm³/mol. The molecule has 19 heavy (non-hydrogen) atoms. The first-order valence-electron chi connectivity index (χ1n) is 5.89. The number of alkyl halides is 3. The monoisotopic (exact) mass is 274 g/mol. The van der Waals surface area contributed by atoms with Crippen LogP contribution in [0.2, 0.25) is 0 Å². The molecule has 1 amide bonds. The van der Waals surface area contributed by atoms with E-state index in [0.717, 1.165) is 5.56 Å². The summed E-state index contributed by atoms with van der Waals surface area (Å²) in [5.41, 5.74) is 6.85. The Kier molecular flexibility index (Phi) is 4.80. The summed E-state index contributed by atoms with van der Waals surface area (Å²) in [6, 6.07) is 6.41. The third-order valence-corrected chi connectivity index (χ3v) is 2.63. The fourth-order valence-corrected chi connectivity index (χ4v) is 1.65. The third-order valence-electron chi connectivity index (χ3n) is 2.63. The number of nitrogens with zero attached hydrogens (tertiary/aromatic N) is 1. The predicted octanol–water partition coefficient (Wildman–Crippen LogP) is 2.96. The molecule has 6 heteroatoms. The van der Waals surface area contributed by atoms with Gasteiger partial charge in [0.05, 0.1) is 0 Å². The maximum atomic E-state index is 12.3. The van der Waals surface area contributed by atoms with Crippen LogP contribution >= 0.6 is 0 Å². The minimum absolute atomic E-state index is 0.146. The van der Waals surface area contributed by atoms with Crippen LogP contribution in [0.4, 0.5) is 18.9 Å². The lowest BCUT2D eigenvalue weighted by atomic mass is 10.1. The fraction of sp³-hybridized carbons (Fsp3) is 0.462. The van der Waals surface area contributed by atoms with Crippen LogP contribution in [0, 0.1) is 0 Å². The van der Waals surface area contributed by atoms with Gasteiger partial charge >= 0.3 is 6.18 Å². The van der Waals surface area contributed by atoms with E-state index in [9.17, 15) is 18.0 Å². The number of anilines is 1. The number of halogens is 3. The van der Waals surface area contributed by atoms with E-state index in [1.807, 2.05) is 0 Å². The van der Waals surface area contributed by atoms with Crippen LogP contribution in [-0.2, 0) is 11.3 Å². The number of hydrogen-bond acceptors (Lipinski definition) is 2. The highest BCUT2D eigenvalue weighted by Crippen LogP contribution is 2.22. The number of benzene rings is 1. The molecule has 2 N–H and O–H groups in total. The molecule has 0 spiro atoms. The summed E-state index contributed by atoms with van der Waals surface area (Å²) < 4.78 is 36.8. The SMILES string of the molecule is CC(C)N(Cc1ccc(N)cc1)C(=O)CC(F)(F)F. The highest BCUT2D eigenvalue weighted by molar-refractivity contribution is 5.77. The number of carbonyl (C=O) groups excluding carboxylic acids is 1. The maximum absolute atomic E-state index is 12.3. The molecule has 0 atom stereocenters. The molecule has 3 nitrogen and oxygen atoms in total. The number of carbonyl (C=O) groups is 1. The number of rotatable bonds is 4. The average Bonchev–Trinajstić information content (AvgIpc) is 2.25. The van der Waals surface area contributed by atoms with Crippen molar-refractivity contribution in [2.24, 2.45) is 0 Å². The second kappa shape index (κ2) is 5.95. The van der Waals surface area contributed by atoms with Gasteiger partial charge in [0.15, 0.2) is 0 Å². The molecule has 0 aliphatic heterocycles. The molecule has 1 aromatic carbocycles. The molecule has 1 aromatic rings. The van der Waals surface area contributed by atoms with Gasteiger partial charge in [-0.3, -0.25) is 4.79 Å². The zero-order chi connectivity index (χ0) is 14.6. The summed E-state index contributed by atoms with van der Waals surface area (Å²) in [6.45, 7) is 3.52. The van der Waals surface area contributed by atoms with Crippen molar-refractivity contribution in [2.75, 3.05) is 5.73 Å². The summed E-state index contributed by atoms with van der Waals surface area (Å²) in [7, 11) is 0. The van der Waals surface area contributed by atoms with Gasteiger partial charge in [0.25, 0.3) is 0 Å². The molecule has 1 rings (SSSR count). The van der Waals surface area contributed by atoms with Crippen LogP contribution in [0.3, 0.4) is 0 Å². The molecule has 0 saturated heterocycles. The summed E-state index contributed by atoms with van der Waals surface area (Å²) in [5, 5.41) is 0. The highest BCUT2D eigenvalue weighted by Gasteiger charge is 2.34. The van der Waals surface area contributed by atoms with Crippen molar-refractivity contribution >= 4 is 11.6 Å². The van der Waals surface area contributed by atoms with Gasteiger partial charge in [-0.1, -0.05) is 12.1 Å². The zero-order valence-electron chi connectivity index (χ0n) is 10.9. The Morgan fingerprint density at radius 2 is 1.79 bits per heavy atom. The first-order valence-corrected chi connectivity index (χ1v) is 5.89. The Hall–Kier alpha value is -1.72. The van der Waals surface area contributed by atoms with E-state index in [-0.39, 0.29) is 12.6 Å². The summed E-state index contributed by atoms with van der Waals surface area (Å²) in [6.07, 6.45) is -5.91. The van der Waals surface area contributed by atoms with E-state index in [1.165, 1.54) is 4.90 Å². The van der Waals surface area contributed by atoms with E-state index in [4.69, 9.17) is 5.73 Å². The molecule has 0 aliphatic rings. The topological polar surface area (TPSA) is 46.3 Å². The van der Waals surface area contributed by atoms with Gasteiger partial charge in [-0.2, -0.15) is 13.2 Å². The summed E-state index contributed by atoms with van der Waals surface area (Å²) in [4.78, 5) is 12.9. The Morgan fingerprint density at radius 3 is 2.21 bits per heavy atom. The van der Waals surface area contributed by atoms with Gasteiger partial charge in [0, 0.05) is 18.3 Å². The van der Waals surface area contributed by atoms with Gasteiger partial charge in [-0.25, -0.2) is 0 Å². The van der Waals surface area contributed by atoms with Gasteiger partial charge in [-0.15, -0.1) is 0 Å². The van der Waals surface area contributed by atoms with E-state index in [2.05, 4.69) is 0 Å². The van der Waals surface area contributed by atoms with E-state index in [1.54, 1.807) is 38.1 Å². The van der Waals surface area contributed by atoms with Crippen LogP contribution < -0.4 is 5.73 Å². The molecule has 0 aliphatic carbocycles. The number of nitrogen functional groups attached to an aromatic ring is 1. The van der Waals surface area contributed by atoms with Gasteiger partial charge < -0.3 is 10.6 Å². The summed E-state index contributed by atoms with van der Waals surface area (Å²) in [5.74, 6) is -0.917. The molecular weight excluding hydrogens is 257 g/mol. The van der Waals surface area contributed by atoms with E-state index >= 15 is 0 Å². The Balaban J connectivity index is 2.78. The minimum atomic E-state index is -4.48. The first-order chi connectivity index (χ1) is 8.69. The number of nitrogens with two attached hydrogens (primary N) is 1. The molecule has 0 saturated carbocycles. The van der Waals surface area contributed by atoms with Gasteiger partial charge in [0.1, 0.15) is 6.42 Å². The normalized spacial score (nSPS) is 11.7. The number of amides is 1. The van der Waals surface area contributed by atoms with Gasteiger partial charge in [-0.05, 0) is 31.5 Å². The van der Waals surface area contributed by atoms with E-state index in [0.29, 0.717) is 5.69 Å². The fourth-order valence-electron chi connectivity index (χ4n) is 1.65. The second-order valence-electron chi connectivity index (χ2n) is 4.65. The molecule has 106 valence electrons. The molecule has 0 heterocycles. The summed E-state index contributed by atoms with van der Waals surface area (Å²) >= 11 is 0. The smallest absolute Gasteiger partial charge is 0.397 e. The molecule has 0 radical (unpaired) electrons. The van der Waals surface area contributed by atoms with Crippen molar-refractivity contribution in [3.8, 4) is 0 Å². The van der Waals surface area contributed by atoms with Crippen LogP contribution in [0.25, 0.3) is 0 Å². The standard InChI is InChI=1S/C13H17F3N2O/c1-9(2)18(12(19)7-13(14,15)16)8-10-3-5-11(17)6-4-10/h3-6,9H,7-8,17H2,1-2H3. The third kappa shape index (κ3) is 5.19. The van der Waals surface area contributed by atoms with Crippen LogP contribution in [0.5, 0.6) is 0 Å². The lowest BCUT2D eigenvalue weighted by molar-refractivity contribution is -0.163. The molecular formula is C13H17F3N2O. The van der Waals surface area contributed by atoms with Crippen molar-refractivity contribution in [1.82, 2.24) is 4.90 Å². The van der Waals surface area contributed by atoms with Crippen molar-refractivity contribution < 1.29 is 18.0 Å². The van der Waals surface area contributed by atoms with Crippen molar-refractivity contribution in [3.63, 3.8) is 0 Å². The highest BCUT2D eigenvalue weighted by atomic mass is 19.4. The van der Waals surface area contributed by atoms with Crippen molar-refractivity contribution in [3.05, 3.63) is 29.8 Å². The van der Waals surface area contributed by atoms with Crippen LogP contribution in [0.15, 0.2) is 24.3 Å². The zero-order valence-corrected chi connectivity index (χ0v) is 10.9. The molecule has 0 bridgehead atoms. The largest absolute Gasteiger partial charge is 0.399 e. The minimum Gasteiger partial charge on any atom is -0.399 e. The quantitative estimate of drug-likeness (QED) is 0.858. The van der Waals surface area contributed by atoms with E-state index < -0.39 is 18.5 Å². The molecule has 0 fully saturated rings. The maximum Gasteiger partial charge on any atom is 0.397 e. The van der Waals surface area contributed by atoms with Gasteiger partial charge in [0.2, 0.25) is 5.91 Å². The lowest BCUT2D eigenvalue weighted by Crippen LogP contribution is -2.38.